The number of carbonyl (C=O) groups excluding carboxylic acids is 1. The standard InChI is InChI=1S/C12H10BrNO/c1-2-11(15)9-3-5-10-8(7-9)4-6-12(13)14-10/h3-7H,2H2,1H3. The van der Waals surface area contributed by atoms with Gasteiger partial charge in [0.25, 0.3) is 0 Å². The van der Waals surface area contributed by atoms with Gasteiger partial charge in [0.1, 0.15) is 4.60 Å². The van der Waals surface area contributed by atoms with Crippen molar-refractivity contribution in [3.63, 3.8) is 0 Å². The summed E-state index contributed by atoms with van der Waals surface area (Å²) in [6.07, 6.45) is 0.537. The van der Waals surface area contributed by atoms with Crippen LogP contribution in [0.2, 0.25) is 0 Å². The van der Waals surface area contributed by atoms with E-state index in [1.807, 2.05) is 37.3 Å². The second-order valence-corrected chi connectivity index (χ2v) is 4.13. The maximum atomic E-state index is 11.5. The highest BCUT2D eigenvalue weighted by Crippen LogP contribution is 2.18. The second-order valence-electron chi connectivity index (χ2n) is 3.32. The van der Waals surface area contributed by atoms with Crippen LogP contribution in [0.4, 0.5) is 0 Å². The lowest BCUT2D eigenvalue weighted by Gasteiger charge is -2.01. The molecule has 0 unspecified atom stereocenters. The molecule has 3 heteroatoms. The summed E-state index contributed by atoms with van der Waals surface area (Å²) in [6.45, 7) is 1.87. The fourth-order valence-corrected chi connectivity index (χ4v) is 1.80. The van der Waals surface area contributed by atoms with E-state index in [1.165, 1.54) is 0 Å². The van der Waals surface area contributed by atoms with Crippen LogP contribution in [-0.4, -0.2) is 10.8 Å². The highest BCUT2D eigenvalue weighted by atomic mass is 79.9. The van der Waals surface area contributed by atoms with Gasteiger partial charge in [-0.3, -0.25) is 4.79 Å². The summed E-state index contributed by atoms with van der Waals surface area (Å²) in [5, 5.41) is 0.998. The van der Waals surface area contributed by atoms with E-state index in [-0.39, 0.29) is 5.78 Å². The van der Waals surface area contributed by atoms with Crippen molar-refractivity contribution in [1.29, 1.82) is 0 Å². The van der Waals surface area contributed by atoms with Crippen molar-refractivity contribution < 1.29 is 4.79 Å². The van der Waals surface area contributed by atoms with Gasteiger partial charge in [-0.05, 0) is 40.2 Å². The Bertz CT molecular complexity index is 522. The van der Waals surface area contributed by atoms with Crippen LogP contribution in [0.5, 0.6) is 0 Å². The molecule has 2 nitrogen and oxygen atoms in total. The third-order valence-corrected chi connectivity index (χ3v) is 2.74. The highest BCUT2D eigenvalue weighted by Gasteiger charge is 2.04. The van der Waals surface area contributed by atoms with Gasteiger partial charge in [-0.25, -0.2) is 4.98 Å². The van der Waals surface area contributed by atoms with Gasteiger partial charge in [0, 0.05) is 17.4 Å². The molecule has 0 spiro atoms. The van der Waals surface area contributed by atoms with Crippen LogP contribution in [0.15, 0.2) is 34.9 Å². The Hall–Kier alpha value is -1.22. The summed E-state index contributed by atoms with van der Waals surface area (Å²) >= 11 is 3.32. The molecule has 2 aromatic rings. The molecule has 0 saturated carbocycles. The third-order valence-electron chi connectivity index (χ3n) is 2.30. The van der Waals surface area contributed by atoms with E-state index in [4.69, 9.17) is 0 Å². The fourth-order valence-electron chi connectivity index (χ4n) is 1.48. The Morgan fingerprint density at radius 2 is 2.13 bits per heavy atom. The maximum absolute atomic E-state index is 11.5. The molecular formula is C12H10BrNO. The number of halogens is 1. The van der Waals surface area contributed by atoms with Crippen LogP contribution in [0.3, 0.4) is 0 Å². The van der Waals surface area contributed by atoms with Crippen LogP contribution in [0, 0.1) is 0 Å². The van der Waals surface area contributed by atoms with E-state index in [1.54, 1.807) is 0 Å². The van der Waals surface area contributed by atoms with Gasteiger partial charge >= 0.3 is 0 Å². The van der Waals surface area contributed by atoms with Gasteiger partial charge in [0.05, 0.1) is 5.52 Å². The molecule has 0 amide bonds. The predicted molar refractivity (Wildman–Crippen MR) is 64.1 cm³/mol. The van der Waals surface area contributed by atoms with Crippen LogP contribution in [0.25, 0.3) is 10.9 Å². The molecule has 0 aliphatic heterocycles. The second kappa shape index (κ2) is 4.11. The van der Waals surface area contributed by atoms with E-state index < -0.39 is 0 Å². The number of benzene rings is 1. The first-order valence-electron chi connectivity index (χ1n) is 4.80. The van der Waals surface area contributed by atoms with Crippen molar-refractivity contribution in [2.75, 3.05) is 0 Å². The van der Waals surface area contributed by atoms with Crippen LogP contribution in [0.1, 0.15) is 23.7 Å². The first kappa shape index (κ1) is 10.3. The lowest BCUT2D eigenvalue weighted by molar-refractivity contribution is 0.0988. The molecule has 2 rings (SSSR count). The van der Waals surface area contributed by atoms with Gasteiger partial charge in [0.15, 0.2) is 5.78 Å². The lowest BCUT2D eigenvalue weighted by atomic mass is 10.1. The molecule has 15 heavy (non-hydrogen) atoms. The average molecular weight is 264 g/mol. The van der Waals surface area contributed by atoms with E-state index in [0.717, 1.165) is 21.1 Å². The maximum Gasteiger partial charge on any atom is 0.162 e. The number of nitrogens with zero attached hydrogens (tertiary/aromatic N) is 1. The Morgan fingerprint density at radius 3 is 2.87 bits per heavy atom. The molecule has 0 saturated heterocycles. The van der Waals surface area contributed by atoms with Gasteiger partial charge in [-0.2, -0.15) is 0 Å². The Balaban J connectivity index is 2.57. The molecule has 0 radical (unpaired) electrons. The van der Waals surface area contributed by atoms with E-state index >= 15 is 0 Å². The largest absolute Gasteiger partial charge is 0.294 e. The molecule has 1 heterocycles. The number of ketones is 1. The first-order valence-corrected chi connectivity index (χ1v) is 5.59. The number of pyridine rings is 1. The number of fused-ring (bicyclic) bond motifs is 1. The van der Waals surface area contributed by atoms with Crippen molar-refractivity contribution in [3.05, 3.63) is 40.5 Å². The molecule has 1 aromatic carbocycles. The summed E-state index contributed by atoms with van der Waals surface area (Å²) in [5.74, 6) is 0.166. The fraction of sp³-hybridized carbons (Fsp3) is 0.167. The summed E-state index contributed by atoms with van der Waals surface area (Å²) in [7, 11) is 0. The molecule has 1 aromatic heterocycles. The smallest absolute Gasteiger partial charge is 0.162 e. The zero-order valence-corrected chi connectivity index (χ0v) is 9.91. The molecule has 0 bridgehead atoms. The zero-order chi connectivity index (χ0) is 10.8. The number of carbonyl (C=O) groups is 1. The number of rotatable bonds is 2. The minimum Gasteiger partial charge on any atom is -0.294 e. The number of hydrogen-bond donors (Lipinski definition) is 0. The van der Waals surface area contributed by atoms with Crippen LogP contribution >= 0.6 is 15.9 Å². The molecular weight excluding hydrogens is 254 g/mol. The molecule has 0 aliphatic carbocycles. The predicted octanol–water partition coefficient (Wildman–Crippen LogP) is 3.59. The summed E-state index contributed by atoms with van der Waals surface area (Å²) in [4.78, 5) is 15.8. The van der Waals surface area contributed by atoms with Gasteiger partial charge < -0.3 is 0 Å². The van der Waals surface area contributed by atoms with Gasteiger partial charge in [-0.1, -0.05) is 13.0 Å². The van der Waals surface area contributed by atoms with Crippen molar-refractivity contribution in [2.24, 2.45) is 0 Å². The van der Waals surface area contributed by atoms with Crippen molar-refractivity contribution in [3.8, 4) is 0 Å². The quantitative estimate of drug-likeness (QED) is 0.612. The normalized spacial score (nSPS) is 10.5. The zero-order valence-electron chi connectivity index (χ0n) is 8.33. The molecule has 76 valence electrons. The molecule has 0 aliphatic rings. The Labute approximate surface area is 96.5 Å². The number of aromatic nitrogens is 1. The minimum absolute atomic E-state index is 0.166. The summed E-state index contributed by atoms with van der Waals surface area (Å²) in [5.41, 5.74) is 1.66. The Morgan fingerprint density at radius 1 is 1.33 bits per heavy atom. The van der Waals surface area contributed by atoms with E-state index in [2.05, 4.69) is 20.9 Å². The molecule has 0 N–H and O–H groups in total. The molecule has 0 atom stereocenters. The topological polar surface area (TPSA) is 30.0 Å². The number of hydrogen-bond acceptors (Lipinski definition) is 2. The van der Waals surface area contributed by atoms with Gasteiger partial charge in [0.2, 0.25) is 0 Å². The Kier molecular flexibility index (Phi) is 2.82. The highest BCUT2D eigenvalue weighted by molar-refractivity contribution is 9.10. The van der Waals surface area contributed by atoms with E-state index in [0.29, 0.717) is 6.42 Å². The van der Waals surface area contributed by atoms with Crippen LogP contribution in [-0.2, 0) is 0 Å². The summed E-state index contributed by atoms with van der Waals surface area (Å²) < 4.78 is 0.810. The van der Waals surface area contributed by atoms with Crippen molar-refractivity contribution in [1.82, 2.24) is 4.98 Å². The minimum atomic E-state index is 0.166. The van der Waals surface area contributed by atoms with Crippen molar-refractivity contribution in [2.45, 2.75) is 13.3 Å². The lowest BCUT2D eigenvalue weighted by Crippen LogP contribution is -1.96. The first-order chi connectivity index (χ1) is 7.20. The van der Waals surface area contributed by atoms with E-state index in [9.17, 15) is 4.79 Å². The molecule has 0 fully saturated rings. The van der Waals surface area contributed by atoms with Crippen LogP contribution < -0.4 is 0 Å². The third kappa shape index (κ3) is 2.07. The summed E-state index contributed by atoms with van der Waals surface area (Å²) in [6, 6.07) is 9.43. The van der Waals surface area contributed by atoms with Crippen molar-refractivity contribution >= 4 is 32.6 Å². The number of Topliss-reactive ketones (excluding diaryl/α,β-unsaturated/α-hetero) is 1. The SMILES string of the molecule is CCC(=O)c1ccc2nc(Br)ccc2c1. The van der Waals surface area contributed by atoms with Gasteiger partial charge in [-0.15, -0.1) is 0 Å². The monoisotopic (exact) mass is 263 g/mol. The average Bonchev–Trinajstić information content (AvgIpc) is 2.27.